The molecule has 0 bridgehead atoms. The molecule has 2 aromatic rings. The first-order valence-electron chi connectivity index (χ1n) is 6.50. The van der Waals surface area contributed by atoms with Crippen molar-refractivity contribution in [3.05, 3.63) is 40.6 Å². The molecule has 6 heteroatoms. The Morgan fingerprint density at radius 1 is 1.05 bits per heavy atom. The highest BCUT2D eigenvalue weighted by Gasteiger charge is 2.06. The summed E-state index contributed by atoms with van der Waals surface area (Å²) in [6, 6.07) is 9.39. The SMILES string of the molecule is CC(=O)Nc1cccc(NCc2sccc2NC(C)=O)c1. The Morgan fingerprint density at radius 2 is 1.76 bits per heavy atom. The Kier molecular flexibility index (Phi) is 4.94. The maximum Gasteiger partial charge on any atom is 0.221 e. The molecule has 1 aromatic carbocycles. The first-order chi connectivity index (χ1) is 10.0. The quantitative estimate of drug-likeness (QED) is 0.794. The minimum absolute atomic E-state index is 0.0812. The molecule has 110 valence electrons. The van der Waals surface area contributed by atoms with E-state index in [2.05, 4.69) is 16.0 Å². The third-order valence-corrected chi connectivity index (χ3v) is 3.61. The van der Waals surface area contributed by atoms with Gasteiger partial charge in [0.2, 0.25) is 11.8 Å². The van der Waals surface area contributed by atoms with Gasteiger partial charge >= 0.3 is 0 Å². The summed E-state index contributed by atoms with van der Waals surface area (Å²) >= 11 is 1.58. The van der Waals surface area contributed by atoms with E-state index in [1.165, 1.54) is 13.8 Å². The molecule has 0 radical (unpaired) electrons. The summed E-state index contributed by atoms with van der Waals surface area (Å²) in [7, 11) is 0. The second-order valence-corrected chi connectivity index (χ2v) is 5.55. The summed E-state index contributed by atoms with van der Waals surface area (Å²) in [4.78, 5) is 23.2. The lowest BCUT2D eigenvalue weighted by atomic mass is 10.2. The number of nitrogens with one attached hydrogen (secondary N) is 3. The number of hydrogen-bond donors (Lipinski definition) is 3. The molecule has 2 rings (SSSR count). The number of rotatable bonds is 5. The molecular weight excluding hydrogens is 286 g/mol. The van der Waals surface area contributed by atoms with E-state index >= 15 is 0 Å². The summed E-state index contributed by atoms with van der Waals surface area (Å²) in [5, 5.41) is 10.8. The summed E-state index contributed by atoms with van der Waals surface area (Å²) < 4.78 is 0. The van der Waals surface area contributed by atoms with Crippen LogP contribution in [0.1, 0.15) is 18.7 Å². The number of benzene rings is 1. The maximum atomic E-state index is 11.1. The number of thiophene rings is 1. The van der Waals surface area contributed by atoms with Gasteiger partial charge in [-0.15, -0.1) is 11.3 Å². The van der Waals surface area contributed by atoms with Gasteiger partial charge in [-0.05, 0) is 29.6 Å². The second-order valence-electron chi connectivity index (χ2n) is 4.55. The Morgan fingerprint density at radius 3 is 2.48 bits per heavy atom. The van der Waals surface area contributed by atoms with E-state index < -0.39 is 0 Å². The van der Waals surface area contributed by atoms with E-state index in [4.69, 9.17) is 0 Å². The van der Waals surface area contributed by atoms with Crippen LogP contribution >= 0.6 is 11.3 Å². The normalized spacial score (nSPS) is 10.0. The second kappa shape index (κ2) is 6.90. The van der Waals surface area contributed by atoms with E-state index in [1.807, 2.05) is 35.7 Å². The van der Waals surface area contributed by atoms with Crippen LogP contribution in [0.3, 0.4) is 0 Å². The van der Waals surface area contributed by atoms with Crippen molar-refractivity contribution in [3.63, 3.8) is 0 Å². The molecule has 0 atom stereocenters. The minimum atomic E-state index is -0.0987. The highest BCUT2D eigenvalue weighted by molar-refractivity contribution is 7.10. The fraction of sp³-hybridized carbons (Fsp3) is 0.200. The first-order valence-corrected chi connectivity index (χ1v) is 7.38. The van der Waals surface area contributed by atoms with Gasteiger partial charge in [0, 0.05) is 30.1 Å². The van der Waals surface area contributed by atoms with E-state index in [1.54, 1.807) is 11.3 Å². The monoisotopic (exact) mass is 303 g/mol. The molecule has 0 unspecified atom stereocenters. The van der Waals surface area contributed by atoms with Gasteiger partial charge in [0.05, 0.1) is 12.2 Å². The Hall–Kier alpha value is -2.34. The van der Waals surface area contributed by atoms with E-state index in [0.29, 0.717) is 6.54 Å². The van der Waals surface area contributed by atoms with Crippen molar-refractivity contribution in [2.45, 2.75) is 20.4 Å². The summed E-state index contributed by atoms with van der Waals surface area (Å²) in [6.07, 6.45) is 0. The van der Waals surface area contributed by atoms with Crippen molar-refractivity contribution in [1.29, 1.82) is 0 Å². The van der Waals surface area contributed by atoms with E-state index in [0.717, 1.165) is 21.9 Å². The summed E-state index contributed by atoms with van der Waals surface area (Å²) in [6.45, 7) is 3.58. The molecule has 0 aliphatic carbocycles. The molecule has 0 fully saturated rings. The van der Waals surface area contributed by atoms with Crippen LogP contribution in [-0.4, -0.2) is 11.8 Å². The van der Waals surface area contributed by atoms with Gasteiger partial charge in [0.25, 0.3) is 0 Å². The molecule has 0 saturated carbocycles. The summed E-state index contributed by atoms with van der Waals surface area (Å²) in [5.41, 5.74) is 2.49. The van der Waals surface area contributed by atoms with Crippen molar-refractivity contribution >= 4 is 40.2 Å². The van der Waals surface area contributed by atoms with Crippen LogP contribution in [-0.2, 0) is 16.1 Å². The highest BCUT2D eigenvalue weighted by Crippen LogP contribution is 2.24. The fourth-order valence-electron chi connectivity index (χ4n) is 1.87. The van der Waals surface area contributed by atoms with Crippen LogP contribution in [0, 0.1) is 0 Å². The molecule has 3 N–H and O–H groups in total. The Labute approximate surface area is 127 Å². The van der Waals surface area contributed by atoms with Gasteiger partial charge in [-0.25, -0.2) is 0 Å². The van der Waals surface area contributed by atoms with Crippen LogP contribution in [0.4, 0.5) is 17.1 Å². The Balaban J connectivity index is 2.01. The van der Waals surface area contributed by atoms with Crippen LogP contribution in [0.15, 0.2) is 35.7 Å². The molecule has 5 nitrogen and oxygen atoms in total. The van der Waals surface area contributed by atoms with E-state index in [-0.39, 0.29) is 11.8 Å². The lowest BCUT2D eigenvalue weighted by molar-refractivity contribution is -0.115. The predicted molar refractivity (Wildman–Crippen MR) is 86.7 cm³/mol. The van der Waals surface area contributed by atoms with Gasteiger partial charge in [-0.2, -0.15) is 0 Å². The first kappa shape index (κ1) is 15.1. The average molecular weight is 303 g/mol. The predicted octanol–water partition coefficient (Wildman–Crippen LogP) is 3.28. The summed E-state index contributed by atoms with van der Waals surface area (Å²) in [5.74, 6) is -0.180. The number of carbonyl (C=O) groups excluding carboxylic acids is 2. The standard InChI is InChI=1S/C15H17N3O2S/c1-10(19)17-13-5-3-4-12(8-13)16-9-15-14(6-7-21-15)18-11(2)20/h3-8,16H,9H2,1-2H3,(H,17,19)(H,18,20). The molecule has 1 aromatic heterocycles. The van der Waals surface area contributed by atoms with Crippen LogP contribution in [0.25, 0.3) is 0 Å². The highest BCUT2D eigenvalue weighted by atomic mass is 32.1. The maximum absolute atomic E-state index is 11.1. The molecule has 21 heavy (non-hydrogen) atoms. The topological polar surface area (TPSA) is 70.2 Å². The van der Waals surface area contributed by atoms with Gasteiger partial charge in [0.1, 0.15) is 0 Å². The van der Waals surface area contributed by atoms with Crippen LogP contribution in [0.2, 0.25) is 0 Å². The Bertz CT molecular complexity index is 652. The average Bonchev–Trinajstić information content (AvgIpc) is 2.82. The molecule has 0 saturated heterocycles. The van der Waals surface area contributed by atoms with Gasteiger partial charge in [0.15, 0.2) is 0 Å². The van der Waals surface area contributed by atoms with Crippen LogP contribution in [0.5, 0.6) is 0 Å². The molecule has 1 heterocycles. The largest absolute Gasteiger partial charge is 0.380 e. The number of anilines is 3. The molecule has 0 spiro atoms. The van der Waals surface area contributed by atoms with Crippen molar-refractivity contribution in [3.8, 4) is 0 Å². The molecule has 0 aliphatic heterocycles. The lowest BCUT2D eigenvalue weighted by Gasteiger charge is -2.09. The smallest absolute Gasteiger partial charge is 0.221 e. The third-order valence-electron chi connectivity index (χ3n) is 2.69. The number of amides is 2. The minimum Gasteiger partial charge on any atom is -0.380 e. The number of hydrogen-bond acceptors (Lipinski definition) is 4. The zero-order valence-corrected chi connectivity index (χ0v) is 12.7. The lowest BCUT2D eigenvalue weighted by Crippen LogP contribution is -2.08. The molecule has 0 aliphatic rings. The van der Waals surface area contributed by atoms with Crippen molar-refractivity contribution in [2.75, 3.05) is 16.0 Å². The van der Waals surface area contributed by atoms with Crippen molar-refractivity contribution in [1.82, 2.24) is 0 Å². The zero-order chi connectivity index (χ0) is 15.2. The molecular formula is C15H17N3O2S. The zero-order valence-electron chi connectivity index (χ0n) is 11.9. The number of carbonyl (C=O) groups is 2. The van der Waals surface area contributed by atoms with Crippen molar-refractivity contribution in [2.24, 2.45) is 0 Å². The third kappa shape index (κ3) is 4.61. The fourth-order valence-corrected chi connectivity index (χ4v) is 2.64. The van der Waals surface area contributed by atoms with Gasteiger partial charge in [-0.1, -0.05) is 6.07 Å². The van der Waals surface area contributed by atoms with Gasteiger partial charge < -0.3 is 16.0 Å². The van der Waals surface area contributed by atoms with Gasteiger partial charge in [-0.3, -0.25) is 9.59 Å². The molecule has 2 amide bonds. The van der Waals surface area contributed by atoms with Crippen molar-refractivity contribution < 1.29 is 9.59 Å². The van der Waals surface area contributed by atoms with Crippen LogP contribution < -0.4 is 16.0 Å². The van der Waals surface area contributed by atoms with E-state index in [9.17, 15) is 9.59 Å².